The zero-order valence-electron chi connectivity index (χ0n) is 12.7. The van der Waals surface area contributed by atoms with Crippen molar-refractivity contribution >= 4 is 11.9 Å². The molecular formula is C17H21NO4. The lowest BCUT2D eigenvalue weighted by Gasteiger charge is -2.37. The lowest BCUT2D eigenvalue weighted by Crippen LogP contribution is -2.46. The first kappa shape index (κ1) is 15.0. The fraction of sp³-hybridized carbons (Fsp3) is 0.529. The summed E-state index contributed by atoms with van der Waals surface area (Å²) in [5.74, 6) is 0.136. The highest BCUT2D eigenvalue weighted by Crippen LogP contribution is 2.40. The van der Waals surface area contributed by atoms with Crippen molar-refractivity contribution in [1.29, 1.82) is 0 Å². The van der Waals surface area contributed by atoms with Crippen molar-refractivity contribution in [2.75, 3.05) is 13.7 Å². The smallest absolute Gasteiger partial charge is 0.305 e. The number of amides is 1. The normalized spacial score (nSPS) is 27.6. The first-order chi connectivity index (χ1) is 10.7. The highest BCUT2D eigenvalue weighted by molar-refractivity contribution is 5.78. The molecule has 0 saturated carbocycles. The van der Waals surface area contributed by atoms with Crippen molar-refractivity contribution in [2.24, 2.45) is 5.92 Å². The number of methoxy groups -OCH3 is 1. The molecule has 1 aromatic carbocycles. The second-order valence-electron chi connectivity index (χ2n) is 5.86. The van der Waals surface area contributed by atoms with Gasteiger partial charge >= 0.3 is 5.97 Å². The number of ether oxygens (including phenoxy) is 2. The number of rotatable bonds is 4. The van der Waals surface area contributed by atoms with Crippen molar-refractivity contribution < 1.29 is 19.1 Å². The van der Waals surface area contributed by atoms with Crippen LogP contribution in [-0.2, 0) is 19.1 Å². The van der Waals surface area contributed by atoms with E-state index in [0.717, 1.165) is 12.0 Å². The molecule has 3 rings (SSSR count). The average molecular weight is 303 g/mol. The molecule has 0 bridgehead atoms. The van der Waals surface area contributed by atoms with Gasteiger partial charge in [0, 0.05) is 18.8 Å². The molecule has 118 valence electrons. The van der Waals surface area contributed by atoms with Crippen LogP contribution in [0.5, 0.6) is 0 Å². The number of fused-ring (bicyclic) bond motifs is 1. The molecule has 2 aliphatic rings. The molecule has 2 aliphatic heterocycles. The van der Waals surface area contributed by atoms with Gasteiger partial charge < -0.3 is 14.4 Å². The Balaban J connectivity index is 1.73. The molecule has 5 heteroatoms. The Labute approximate surface area is 130 Å². The molecule has 5 nitrogen and oxygen atoms in total. The molecule has 0 unspecified atom stereocenters. The standard InChI is InChI=1S/C17H21NO4/c1-21-16(20)10-8-13-7-9-15(19)18-14(11-22-17(13)18)12-5-3-2-4-6-12/h2-6,13-14,17H,7-11H2,1H3/t13-,14+,17-/m1/s1. The van der Waals surface area contributed by atoms with E-state index in [4.69, 9.17) is 9.47 Å². The molecule has 1 aromatic rings. The van der Waals surface area contributed by atoms with Crippen LogP contribution in [0, 0.1) is 5.92 Å². The fourth-order valence-electron chi connectivity index (χ4n) is 3.41. The molecule has 22 heavy (non-hydrogen) atoms. The number of piperidine rings is 1. The van der Waals surface area contributed by atoms with Gasteiger partial charge in [-0.15, -0.1) is 0 Å². The Bertz CT molecular complexity index is 545. The van der Waals surface area contributed by atoms with Crippen LogP contribution < -0.4 is 0 Å². The van der Waals surface area contributed by atoms with Crippen LogP contribution in [0.25, 0.3) is 0 Å². The van der Waals surface area contributed by atoms with E-state index in [1.54, 1.807) is 0 Å². The molecule has 1 amide bonds. The average Bonchev–Trinajstić information content (AvgIpc) is 3.01. The van der Waals surface area contributed by atoms with E-state index in [0.29, 0.717) is 25.9 Å². The maximum atomic E-state index is 12.4. The van der Waals surface area contributed by atoms with Crippen LogP contribution in [0.1, 0.15) is 37.3 Å². The first-order valence-electron chi connectivity index (χ1n) is 7.75. The Morgan fingerprint density at radius 3 is 2.86 bits per heavy atom. The number of hydrogen-bond acceptors (Lipinski definition) is 4. The molecule has 0 N–H and O–H groups in total. The van der Waals surface area contributed by atoms with Gasteiger partial charge in [0.1, 0.15) is 6.23 Å². The Kier molecular flexibility index (Phi) is 4.43. The Morgan fingerprint density at radius 1 is 1.36 bits per heavy atom. The number of carbonyl (C=O) groups excluding carboxylic acids is 2. The minimum absolute atomic E-state index is 0.0142. The predicted octanol–water partition coefficient (Wildman–Crippen LogP) is 2.28. The zero-order chi connectivity index (χ0) is 15.5. The van der Waals surface area contributed by atoms with E-state index < -0.39 is 0 Å². The number of benzene rings is 1. The summed E-state index contributed by atoms with van der Waals surface area (Å²) >= 11 is 0. The lowest BCUT2D eigenvalue weighted by molar-refractivity contribution is -0.148. The predicted molar refractivity (Wildman–Crippen MR) is 79.7 cm³/mol. The van der Waals surface area contributed by atoms with E-state index in [1.807, 2.05) is 35.2 Å². The van der Waals surface area contributed by atoms with Gasteiger partial charge in [0.05, 0.1) is 19.8 Å². The van der Waals surface area contributed by atoms with Crippen LogP contribution in [0.4, 0.5) is 0 Å². The summed E-state index contributed by atoms with van der Waals surface area (Å²) < 4.78 is 10.6. The third kappa shape index (κ3) is 2.86. The van der Waals surface area contributed by atoms with Crippen LogP contribution in [0.15, 0.2) is 30.3 Å². The summed E-state index contributed by atoms with van der Waals surface area (Å²) in [6.07, 6.45) is 2.16. The highest BCUT2D eigenvalue weighted by atomic mass is 16.5. The molecule has 2 saturated heterocycles. The first-order valence-corrected chi connectivity index (χ1v) is 7.75. The summed E-state index contributed by atoms with van der Waals surface area (Å²) in [6.45, 7) is 0.523. The Hall–Kier alpha value is -1.88. The monoisotopic (exact) mass is 303 g/mol. The molecule has 0 radical (unpaired) electrons. The van der Waals surface area contributed by atoms with E-state index in [2.05, 4.69) is 0 Å². The van der Waals surface area contributed by atoms with Gasteiger partial charge in [0.2, 0.25) is 5.91 Å². The van der Waals surface area contributed by atoms with Crippen molar-refractivity contribution in [3.05, 3.63) is 35.9 Å². The summed E-state index contributed by atoms with van der Waals surface area (Å²) in [4.78, 5) is 25.6. The zero-order valence-corrected chi connectivity index (χ0v) is 12.7. The van der Waals surface area contributed by atoms with Crippen LogP contribution >= 0.6 is 0 Å². The molecular weight excluding hydrogens is 282 g/mol. The fourth-order valence-corrected chi connectivity index (χ4v) is 3.41. The largest absolute Gasteiger partial charge is 0.469 e. The van der Waals surface area contributed by atoms with Gasteiger partial charge in [-0.3, -0.25) is 9.59 Å². The van der Waals surface area contributed by atoms with E-state index in [-0.39, 0.29) is 30.1 Å². The van der Waals surface area contributed by atoms with Crippen LogP contribution in [-0.4, -0.2) is 36.7 Å². The van der Waals surface area contributed by atoms with E-state index in [9.17, 15) is 9.59 Å². The summed E-state index contributed by atoms with van der Waals surface area (Å²) in [5, 5.41) is 0. The summed E-state index contributed by atoms with van der Waals surface area (Å²) in [7, 11) is 1.40. The van der Waals surface area contributed by atoms with Crippen LogP contribution in [0.3, 0.4) is 0 Å². The van der Waals surface area contributed by atoms with Gasteiger partial charge in [0.15, 0.2) is 0 Å². The highest BCUT2D eigenvalue weighted by Gasteiger charge is 2.45. The molecule has 0 spiro atoms. The number of esters is 1. The minimum atomic E-state index is -0.212. The van der Waals surface area contributed by atoms with Crippen LogP contribution in [0.2, 0.25) is 0 Å². The van der Waals surface area contributed by atoms with Crippen molar-refractivity contribution in [2.45, 2.75) is 38.0 Å². The summed E-state index contributed by atoms with van der Waals surface area (Å²) in [6, 6.07) is 9.97. The maximum absolute atomic E-state index is 12.4. The second-order valence-corrected chi connectivity index (χ2v) is 5.86. The lowest BCUT2D eigenvalue weighted by atomic mass is 9.90. The molecule has 0 aromatic heterocycles. The minimum Gasteiger partial charge on any atom is -0.469 e. The Morgan fingerprint density at radius 2 is 2.14 bits per heavy atom. The quantitative estimate of drug-likeness (QED) is 0.801. The van der Waals surface area contributed by atoms with Gasteiger partial charge in [0.25, 0.3) is 0 Å². The molecule has 2 heterocycles. The number of nitrogens with zero attached hydrogens (tertiary/aromatic N) is 1. The topological polar surface area (TPSA) is 55.8 Å². The molecule has 0 aliphatic carbocycles. The second kappa shape index (κ2) is 6.48. The molecule has 3 atom stereocenters. The maximum Gasteiger partial charge on any atom is 0.305 e. The summed E-state index contributed by atoms with van der Waals surface area (Å²) in [5.41, 5.74) is 1.10. The van der Waals surface area contributed by atoms with Gasteiger partial charge in [-0.1, -0.05) is 30.3 Å². The van der Waals surface area contributed by atoms with Gasteiger partial charge in [-0.2, -0.15) is 0 Å². The van der Waals surface area contributed by atoms with Crippen molar-refractivity contribution in [3.63, 3.8) is 0 Å². The van der Waals surface area contributed by atoms with E-state index >= 15 is 0 Å². The van der Waals surface area contributed by atoms with Gasteiger partial charge in [-0.25, -0.2) is 0 Å². The molecule has 2 fully saturated rings. The number of carbonyl (C=O) groups is 2. The SMILES string of the molecule is COC(=O)CC[C@H]1CCC(=O)N2[C@@H]1OC[C@H]2c1ccccc1. The van der Waals surface area contributed by atoms with Gasteiger partial charge in [-0.05, 0) is 18.4 Å². The van der Waals surface area contributed by atoms with E-state index in [1.165, 1.54) is 7.11 Å². The number of hydrogen-bond donors (Lipinski definition) is 0. The third-order valence-corrected chi connectivity index (χ3v) is 4.59. The van der Waals surface area contributed by atoms with Crippen molar-refractivity contribution in [3.8, 4) is 0 Å². The third-order valence-electron chi connectivity index (χ3n) is 4.59. The van der Waals surface area contributed by atoms with Crippen molar-refractivity contribution in [1.82, 2.24) is 4.90 Å².